The third-order valence-electron chi connectivity index (χ3n) is 3.58. The van der Waals surface area contributed by atoms with E-state index in [4.69, 9.17) is 5.73 Å². The summed E-state index contributed by atoms with van der Waals surface area (Å²) in [6, 6.07) is 6.69. The fourth-order valence-electron chi connectivity index (χ4n) is 2.59. The number of benzene rings is 1. The summed E-state index contributed by atoms with van der Waals surface area (Å²) in [5.74, 6) is -0.270. The molecular formula is C14H14N4O3. The molecule has 0 saturated carbocycles. The molecule has 21 heavy (non-hydrogen) atoms. The van der Waals surface area contributed by atoms with Crippen LogP contribution in [-0.4, -0.2) is 22.4 Å². The molecule has 7 heteroatoms. The maximum absolute atomic E-state index is 12.5. The first-order valence-corrected chi connectivity index (χ1v) is 6.59. The Balaban J connectivity index is 1.94. The van der Waals surface area contributed by atoms with Crippen molar-refractivity contribution in [2.75, 3.05) is 17.2 Å². The Hall–Kier alpha value is -2.83. The highest BCUT2D eigenvalue weighted by Gasteiger charge is 2.25. The van der Waals surface area contributed by atoms with Gasteiger partial charge in [0.1, 0.15) is 5.69 Å². The molecule has 1 aromatic carbocycles. The lowest BCUT2D eigenvalue weighted by molar-refractivity contribution is -0.384. The number of carbonyl (C=O) groups is 1. The lowest BCUT2D eigenvalue weighted by atomic mass is 10.0. The molecule has 7 nitrogen and oxygen atoms in total. The van der Waals surface area contributed by atoms with Gasteiger partial charge in [0.15, 0.2) is 0 Å². The van der Waals surface area contributed by atoms with Crippen LogP contribution in [0.3, 0.4) is 0 Å². The first kappa shape index (κ1) is 13.2. The van der Waals surface area contributed by atoms with E-state index >= 15 is 0 Å². The zero-order valence-electron chi connectivity index (χ0n) is 11.2. The van der Waals surface area contributed by atoms with E-state index in [0.717, 1.165) is 24.1 Å². The molecule has 0 radical (unpaired) electrons. The van der Waals surface area contributed by atoms with E-state index in [1.54, 1.807) is 11.0 Å². The summed E-state index contributed by atoms with van der Waals surface area (Å²) in [5.41, 5.74) is 8.37. The van der Waals surface area contributed by atoms with Gasteiger partial charge < -0.3 is 15.6 Å². The molecule has 2 aromatic rings. The third kappa shape index (κ3) is 2.33. The minimum Gasteiger partial charge on any atom is -0.399 e. The van der Waals surface area contributed by atoms with E-state index < -0.39 is 4.92 Å². The predicted molar refractivity (Wildman–Crippen MR) is 78.3 cm³/mol. The lowest BCUT2D eigenvalue weighted by Gasteiger charge is -2.29. The maximum Gasteiger partial charge on any atom is 0.287 e. The largest absolute Gasteiger partial charge is 0.399 e. The minimum atomic E-state index is -0.530. The van der Waals surface area contributed by atoms with Gasteiger partial charge in [-0.15, -0.1) is 0 Å². The molecule has 3 rings (SSSR count). The number of anilines is 2. The number of aromatic amines is 1. The van der Waals surface area contributed by atoms with Crippen molar-refractivity contribution in [2.45, 2.75) is 12.8 Å². The van der Waals surface area contributed by atoms with Gasteiger partial charge >= 0.3 is 0 Å². The highest BCUT2D eigenvalue weighted by Crippen LogP contribution is 2.30. The molecular weight excluding hydrogens is 272 g/mol. The Labute approximate surface area is 120 Å². The number of hydrogen-bond acceptors (Lipinski definition) is 4. The van der Waals surface area contributed by atoms with Crippen LogP contribution in [0.1, 0.15) is 22.5 Å². The first-order valence-electron chi connectivity index (χ1n) is 6.59. The number of aromatic nitrogens is 1. The third-order valence-corrected chi connectivity index (χ3v) is 3.58. The summed E-state index contributed by atoms with van der Waals surface area (Å²) in [7, 11) is 0. The van der Waals surface area contributed by atoms with Gasteiger partial charge in [-0.05, 0) is 36.6 Å². The van der Waals surface area contributed by atoms with E-state index in [1.807, 2.05) is 12.1 Å². The average Bonchev–Trinajstić information content (AvgIpc) is 2.95. The van der Waals surface area contributed by atoms with Crippen molar-refractivity contribution >= 4 is 23.0 Å². The highest BCUT2D eigenvalue weighted by atomic mass is 16.6. The van der Waals surface area contributed by atoms with Gasteiger partial charge in [0.2, 0.25) is 0 Å². The maximum atomic E-state index is 12.5. The summed E-state index contributed by atoms with van der Waals surface area (Å²) < 4.78 is 0. The molecule has 2 heterocycles. The van der Waals surface area contributed by atoms with Crippen LogP contribution in [0.2, 0.25) is 0 Å². The van der Waals surface area contributed by atoms with Gasteiger partial charge in [-0.25, -0.2) is 0 Å². The van der Waals surface area contributed by atoms with Crippen molar-refractivity contribution in [1.82, 2.24) is 4.98 Å². The van der Waals surface area contributed by atoms with Gasteiger partial charge in [0.05, 0.1) is 11.1 Å². The Kier molecular flexibility index (Phi) is 3.09. The van der Waals surface area contributed by atoms with E-state index in [2.05, 4.69) is 4.98 Å². The summed E-state index contributed by atoms with van der Waals surface area (Å²) in [4.78, 5) is 27.0. The van der Waals surface area contributed by atoms with Gasteiger partial charge in [-0.1, -0.05) is 0 Å². The van der Waals surface area contributed by atoms with Crippen molar-refractivity contribution in [3.63, 3.8) is 0 Å². The molecule has 108 valence electrons. The summed E-state index contributed by atoms with van der Waals surface area (Å²) >= 11 is 0. The summed E-state index contributed by atoms with van der Waals surface area (Å²) in [6.45, 7) is 0.586. The fraction of sp³-hybridized carbons (Fsp3) is 0.214. The number of nitrogen functional groups attached to an aromatic ring is 1. The average molecular weight is 286 g/mol. The molecule has 1 aliphatic heterocycles. The molecule has 1 aromatic heterocycles. The minimum absolute atomic E-state index is 0.118. The standard InChI is InChI=1S/C14H14N4O3/c15-10-3-4-13-9(6-10)2-1-5-17(13)14(19)12-7-11(8-16-12)18(20)21/h3-4,6-8,16H,1-2,5,15H2. The molecule has 0 unspecified atom stereocenters. The van der Waals surface area contributed by atoms with Crippen LogP contribution in [0.15, 0.2) is 30.5 Å². The number of fused-ring (bicyclic) bond motifs is 1. The Morgan fingerprint density at radius 1 is 1.38 bits per heavy atom. The fourth-order valence-corrected chi connectivity index (χ4v) is 2.59. The second-order valence-corrected chi connectivity index (χ2v) is 4.98. The van der Waals surface area contributed by atoms with Crippen LogP contribution in [0.4, 0.5) is 17.1 Å². The van der Waals surface area contributed by atoms with Crippen molar-refractivity contribution < 1.29 is 9.72 Å². The SMILES string of the molecule is Nc1ccc2c(c1)CCCN2C(=O)c1cc([N+](=O)[O-])c[nH]1. The van der Waals surface area contributed by atoms with Crippen LogP contribution in [0.5, 0.6) is 0 Å². The Morgan fingerprint density at radius 2 is 2.19 bits per heavy atom. The Morgan fingerprint density at radius 3 is 2.90 bits per heavy atom. The number of nitro groups is 1. The second kappa shape index (κ2) is 4.93. The number of amides is 1. The molecule has 3 N–H and O–H groups in total. The van der Waals surface area contributed by atoms with Crippen molar-refractivity contribution in [2.24, 2.45) is 0 Å². The monoisotopic (exact) mass is 286 g/mol. The first-order chi connectivity index (χ1) is 10.1. The van der Waals surface area contributed by atoms with Gasteiger partial charge in [-0.2, -0.15) is 0 Å². The number of nitrogens with one attached hydrogen (secondary N) is 1. The normalized spacial score (nSPS) is 13.8. The van der Waals surface area contributed by atoms with Crippen LogP contribution >= 0.6 is 0 Å². The van der Waals surface area contributed by atoms with Gasteiger partial charge in [0.25, 0.3) is 11.6 Å². The van der Waals surface area contributed by atoms with Gasteiger partial charge in [-0.3, -0.25) is 14.9 Å². The number of nitrogens with zero attached hydrogens (tertiary/aromatic N) is 2. The van der Waals surface area contributed by atoms with E-state index in [-0.39, 0.29) is 17.3 Å². The van der Waals surface area contributed by atoms with E-state index in [9.17, 15) is 14.9 Å². The Bertz CT molecular complexity index is 723. The molecule has 0 spiro atoms. The van der Waals surface area contributed by atoms with Crippen LogP contribution in [0, 0.1) is 10.1 Å². The lowest BCUT2D eigenvalue weighted by Crippen LogP contribution is -2.35. The number of hydrogen-bond donors (Lipinski definition) is 2. The number of rotatable bonds is 2. The van der Waals surface area contributed by atoms with E-state index in [1.165, 1.54) is 12.3 Å². The van der Waals surface area contributed by atoms with Gasteiger partial charge in [0, 0.05) is 24.0 Å². The van der Waals surface area contributed by atoms with E-state index in [0.29, 0.717) is 12.2 Å². The zero-order valence-corrected chi connectivity index (χ0v) is 11.2. The number of H-pyrrole nitrogens is 1. The number of nitrogens with two attached hydrogens (primary N) is 1. The molecule has 0 aliphatic carbocycles. The quantitative estimate of drug-likeness (QED) is 0.501. The van der Waals surface area contributed by atoms with Crippen molar-refractivity contribution in [3.8, 4) is 0 Å². The molecule has 0 bridgehead atoms. The molecule has 0 atom stereocenters. The van der Waals surface area contributed by atoms with Crippen molar-refractivity contribution in [3.05, 3.63) is 51.8 Å². The predicted octanol–water partition coefficient (Wildman–Crippen LogP) is 2.10. The van der Waals surface area contributed by atoms with Crippen LogP contribution in [0.25, 0.3) is 0 Å². The smallest absolute Gasteiger partial charge is 0.287 e. The topological polar surface area (TPSA) is 105 Å². The van der Waals surface area contributed by atoms with Crippen LogP contribution in [-0.2, 0) is 6.42 Å². The summed E-state index contributed by atoms with van der Waals surface area (Å²) in [6.07, 6.45) is 2.93. The summed E-state index contributed by atoms with van der Waals surface area (Å²) in [5, 5.41) is 10.7. The highest BCUT2D eigenvalue weighted by molar-refractivity contribution is 6.06. The van der Waals surface area contributed by atoms with Crippen LogP contribution < -0.4 is 10.6 Å². The zero-order chi connectivity index (χ0) is 15.0. The molecule has 0 saturated heterocycles. The number of aryl methyl sites for hydroxylation is 1. The van der Waals surface area contributed by atoms with Crippen molar-refractivity contribution in [1.29, 1.82) is 0 Å². The molecule has 0 fully saturated rings. The molecule has 1 amide bonds. The second-order valence-electron chi connectivity index (χ2n) is 4.98. The molecule has 1 aliphatic rings. The number of carbonyl (C=O) groups excluding carboxylic acids is 1.